The standard InChI is InChI=1S/C15H22N4S/c1-2-6-18-7-11-8-19(9-12(11)13(18)3-1)15-16-14(17-20-15)10-4-5-10/h10-13H,1-9H2. The van der Waals surface area contributed by atoms with E-state index in [1.54, 1.807) is 11.5 Å². The minimum atomic E-state index is 0.691. The molecule has 5 rings (SSSR count). The van der Waals surface area contributed by atoms with Crippen molar-refractivity contribution in [2.45, 2.75) is 44.1 Å². The molecular weight excluding hydrogens is 268 g/mol. The summed E-state index contributed by atoms with van der Waals surface area (Å²) in [4.78, 5) is 10.1. The fraction of sp³-hybridized carbons (Fsp3) is 0.867. The van der Waals surface area contributed by atoms with Crippen LogP contribution in [-0.2, 0) is 0 Å². The van der Waals surface area contributed by atoms with Crippen molar-refractivity contribution in [2.75, 3.05) is 31.1 Å². The summed E-state index contributed by atoms with van der Waals surface area (Å²) in [6, 6.07) is 0.870. The molecule has 4 fully saturated rings. The van der Waals surface area contributed by atoms with E-state index in [9.17, 15) is 0 Å². The Morgan fingerprint density at radius 2 is 2.00 bits per heavy atom. The number of hydrogen-bond donors (Lipinski definition) is 0. The van der Waals surface area contributed by atoms with Gasteiger partial charge in [0.1, 0.15) is 5.82 Å². The molecule has 3 saturated heterocycles. The highest BCUT2D eigenvalue weighted by Gasteiger charge is 2.47. The smallest absolute Gasteiger partial charge is 0.205 e. The van der Waals surface area contributed by atoms with Crippen LogP contribution in [0.25, 0.3) is 0 Å². The number of piperidine rings is 1. The molecule has 1 aliphatic carbocycles. The van der Waals surface area contributed by atoms with Crippen molar-refractivity contribution in [3.05, 3.63) is 5.82 Å². The van der Waals surface area contributed by atoms with Gasteiger partial charge in [0.25, 0.3) is 0 Å². The molecule has 4 heterocycles. The fourth-order valence-electron chi connectivity index (χ4n) is 4.57. The molecule has 0 N–H and O–H groups in total. The maximum Gasteiger partial charge on any atom is 0.205 e. The molecule has 108 valence electrons. The Balaban J connectivity index is 1.33. The predicted octanol–water partition coefficient (Wildman–Crippen LogP) is 2.34. The van der Waals surface area contributed by atoms with E-state index in [4.69, 9.17) is 4.98 Å². The summed E-state index contributed by atoms with van der Waals surface area (Å²) < 4.78 is 4.58. The van der Waals surface area contributed by atoms with Crippen molar-refractivity contribution in [1.29, 1.82) is 0 Å². The molecule has 0 radical (unpaired) electrons. The van der Waals surface area contributed by atoms with E-state index in [-0.39, 0.29) is 0 Å². The molecule has 0 amide bonds. The third-order valence-corrected chi connectivity index (χ3v) is 6.55. The minimum Gasteiger partial charge on any atom is -0.346 e. The van der Waals surface area contributed by atoms with Crippen molar-refractivity contribution in [3.8, 4) is 0 Å². The van der Waals surface area contributed by atoms with Crippen molar-refractivity contribution in [3.63, 3.8) is 0 Å². The lowest BCUT2D eigenvalue weighted by molar-refractivity contribution is 0.173. The van der Waals surface area contributed by atoms with Gasteiger partial charge in [-0.25, -0.2) is 4.98 Å². The van der Waals surface area contributed by atoms with Crippen molar-refractivity contribution >= 4 is 16.7 Å². The molecule has 0 bridgehead atoms. The van der Waals surface area contributed by atoms with Crippen molar-refractivity contribution in [1.82, 2.24) is 14.3 Å². The number of rotatable bonds is 2. The van der Waals surface area contributed by atoms with Gasteiger partial charge in [0.2, 0.25) is 5.13 Å². The zero-order chi connectivity index (χ0) is 13.1. The Morgan fingerprint density at radius 1 is 1.05 bits per heavy atom. The van der Waals surface area contributed by atoms with Gasteiger partial charge >= 0.3 is 0 Å². The summed E-state index contributed by atoms with van der Waals surface area (Å²) in [6.07, 6.45) is 6.89. The first-order valence-electron chi connectivity index (χ1n) is 8.21. The maximum absolute atomic E-state index is 4.81. The molecule has 20 heavy (non-hydrogen) atoms. The van der Waals surface area contributed by atoms with Gasteiger partial charge in [-0.1, -0.05) is 6.42 Å². The minimum absolute atomic E-state index is 0.691. The van der Waals surface area contributed by atoms with Gasteiger partial charge in [-0.3, -0.25) is 4.90 Å². The first-order chi connectivity index (χ1) is 9.88. The number of fused-ring (bicyclic) bond motifs is 3. The van der Waals surface area contributed by atoms with Crippen LogP contribution in [0.3, 0.4) is 0 Å². The van der Waals surface area contributed by atoms with E-state index in [1.165, 1.54) is 63.4 Å². The van der Waals surface area contributed by atoms with Crippen LogP contribution in [0.4, 0.5) is 5.13 Å². The second-order valence-electron chi connectivity index (χ2n) is 7.10. The van der Waals surface area contributed by atoms with E-state index in [2.05, 4.69) is 14.2 Å². The lowest BCUT2D eigenvalue weighted by Gasteiger charge is -2.33. The molecule has 1 aromatic rings. The van der Waals surface area contributed by atoms with Crippen LogP contribution in [0.5, 0.6) is 0 Å². The maximum atomic E-state index is 4.81. The van der Waals surface area contributed by atoms with Crippen LogP contribution in [0.2, 0.25) is 0 Å². The molecule has 1 aromatic heterocycles. The summed E-state index contributed by atoms with van der Waals surface area (Å²) in [6.45, 7) is 5.13. The summed E-state index contributed by atoms with van der Waals surface area (Å²) >= 11 is 1.63. The normalized spacial score (nSPS) is 37.2. The first kappa shape index (κ1) is 11.9. The predicted molar refractivity (Wildman–Crippen MR) is 80.3 cm³/mol. The molecule has 1 saturated carbocycles. The van der Waals surface area contributed by atoms with Gasteiger partial charge in [-0.05, 0) is 44.1 Å². The van der Waals surface area contributed by atoms with Crippen LogP contribution in [0.15, 0.2) is 0 Å². The Bertz CT molecular complexity index is 512. The first-order valence-corrected chi connectivity index (χ1v) is 8.98. The number of anilines is 1. The largest absolute Gasteiger partial charge is 0.346 e. The van der Waals surface area contributed by atoms with Gasteiger partial charge in [0.05, 0.1) is 0 Å². The van der Waals surface area contributed by atoms with E-state index in [0.717, 1.165) is 23.7 Å². The van der Waals surface area contributed by atoms with Gasteiger partial charge in [-0.2, -0.15) is 4.37 Å². The quantitative estimate of drug-likeness (QED) is 0.837. The van der Waals surface area contributed by atoms with E-state index >= 15 is 0 Å². The zero-order valence-electron chi connectivity index (χ0n) is 11.9. The van der Waals surface area contributed by atoms with Gasteiger partial charge in [-0.15, -0.1) is 0 Å². The summed E-state index contributed by atoms with van der Waals surface area (Å²) in [5, 5.41) is 1.20. The number of aromatic nitrogens is 2. The number of nitrogens with zero attached hydrogens (tertiary/aromatic N) is 4. The van der Waals surface area contributed by atoms with Crippen molar-refractivity contribution < 1.29 is 0 Å². The number of hydrogen-bond acceptors (Lipinski definition) is 5. The highest BCUT2D eigenvalue weighted by atomic mass is 32.1. The average Bonchev–Trinajstić information content (AvgIpc) is 2.93. The SMILES string of the molecule is C1CCN2CC3CN(c4nc(C5CC5)ns4)CC3C2C1. The van der Waals surface area contributed by atoms with Gasteiger partial charge in [0.15, 0.2) is 0 Å². The topological polar surface area (TPSA) is 32.3 Å². The summed E-state index contributed by atoms with van der Waals surface area (Å²) in [7, 11) is 0. The fourth-order valence-corrected chi connectivity index (χ4v) is 5.34. The Hall–Kier alpha value is -0.680. The van der Waals surface area contributed by atoms with Gasteiger partial charge in [0, 0.05) is 43.1 Å². The van der Waals surface area contributed by atoms with E-state index < -0.39 is 0 Å². The molecule has 5 heteroatoms. The Morgan fingerprint density at radius 3 is 2.90 bits per heavy atom. The molecule has 3 aliphatic heterocycles. The lowest BCUT2D eigenvalue weighted by atomic mass is 9.90. The molecule has 4 aliphatic rings. The van der Waals surface area contributed by atoms with Gasteiger partial charge < -0.3 is 4.90 Å². The molecule has 3 atom stereocenters. The van der Waals surface area contributed by atoms with E-state index in [1.807, 2.05) is 0 Å². The third kappa shape index (κ3) is 1.82. The summed E-state index contributed by atoms with van der Waals surface area (Å²) in [5.41, 5.74) is 0. The van der Waals surface area contributed by atoms with Crippen LogP contribution >= 0.6 is 11.5 Å². The van der Waals surface area contributed by atoms with Crippen LogP contribution in [0.1, 0.15) is 43.8 Å². The molecule has 0 aromatic carbocycles. The third-order valence-electron chi connectivity index (χ3n) is 5.76. The molecule has 0 spiro atoms. The van der Waals surface area contributed by atoms with Crippen LogP contribution in [-0.4, -0.2) is 46.5 Å². The monoisotopic (exact) mass is 290 g/mol. The molecule has 3 unspecified atom stereocenters. The van der Waals surface area contributed by atoms with Crippen LogP contribution < -0.4 is 4.90 Å². The second-order valence-corrected chi connectivity index (χ2v) is 7.83. The van der Waals surface area contributed by atoms with Crippen LogP contribution in [0, 0.1) is 11.8 Å². The average molecular weight is 290 g/mol. The van der Waals surface area contributed by atoms with Crippen molar-refractivity contribution in [2.24, 2.45) is 11.8 Å². The summed E-state index contributed by atoms with van der Waals surface area (Å²) in [5.74, 6) is 3.59. The molecular formula is C15H22N4S. The zero-order valence-corrected chi connectivity index (χ0v) is 12.7. The molecule has 4 nitrogen and oxygen atoms in total. The Kier molecular flexibility index (Phi) is 2.63. The second kappa shape index (κ2) is 4.41. The highest BCUT2D eigenvalue weighted by molar-refractivity contribution is 7.09. The lowest BCUT2D eigenvalue weighted by Crippen LogP contribution is -2.39. The highest BCUT2D eigenvalue weighted by Crippen LogP contribution is 2.43. The Labute approximate surface area is 124 Å². The van der Waals surface area contributed by atoms with E-state index in [0.29, 0.717) is 5.92 Å².